The number of benzene rings is 1. The second-order valence-electron chi connectivity index (χ2n) is 7.04. The lowest BCUT2D eigenvalue weighted by molar-refractivity contribution is -0.127. The fourth-order valence-corrected chi connectivity index (χ4v) is 4.42. The second kappa shape index (κ2) is 8.20. The van der Waals surface area contributed by atoms with E-state index in [0.717, 1.165) is 18.5 Å². The van der Waals surface area contributed by atoms with Crippen molar-refractivity contribution in [2.45, 2.75) is 37.1 Å². The van der Waals surface area contributed by atoms with E-state index in [1.165, 1.54) is 22.2 Å². The molecule has 9 heteroatoms. The first-order valence-corrected chi connectivity index (χ1v) is 10.3. The van der Waals surface area contributed by atoms with Crippen LogP contribution < -0.4 is 5.32 Å². The molecular weight excluding hydrogens is 388 g/mol. The van der Waals surface area contributed by atoms with Crippen LogP contribution in [0.25, 0.3) is 0 Å². The van der Waals surface area contributed by atoms with Crippen molar-refractivity contribution in [2.24, 2.45) is 4.99 Å². The highest BCUT2D eigenvalue weighted by atomic mass is 32.2. The molecule has 150 valence electrons. The number of aliphatic imine (C=N–C) groups is 1. The Bertz CT molecular complexity index is 951. The number of imide groups is 1. The Morgan fingerprint density at radius 3 is 2.72 bits per heavy atom. The molecule has 1 aromatic heterocycles. The van der Waals surface area contributed by atoms with Gasteiger partial charge in [-0.15, -0.1) is 0 Å². The molecule has 3 amide bonds. The first-order chi connectivity index (χ1) is 14.0. The summed E-state index contributed by atoms with van der Waals surface area (Å²) in [5, 5.41) is 3.66. The van der Waals surface area contributed by atoms with Crippen LogP contribution in [0.15, 0.2) is 52.7 Å². The number of aromatic nitrogens is 2. The van der Waals surface area contributed by atoms with Crippen LogP contribution in [0.3, 0.4) is 0 Å². The second-order valence-corrected chi connectivity index (χ2v) is 7.98. The van der Waals surface area contributed by atoms with Crippen molar-refractivity contribution in [1.82, 2.24) is 25.1 Å². The number of nitrogens with zero attached hydrogens (tertiary/aromatic N) is 5. The molecule has 1 aromatic carbocycles. The molecule has 1 N–H and O–H groups in total. The molecule has 2 aliphatic rings. The van der Waals surface area contributed by atoms with Crippen LogP contribution in [-0.2, 0) is 11.2 Å². The fraction of sp³-hybridized carbons (Fsp3) is 0.350. The standard InChI is InChI=1S/C20H22N6O2S/c1-13-10-11-21-18(22-13)29-20-23-16-15(17(27)24-19(28)25(16)2)26(20)12-6-9-14-7-4-3-5-8-14/h3-5,7-8,10-11,15-16H,6,9,12H2,1-2H3,(H,24,27,28). The molecule has 0 spiro atoms. The predicted molar refractivity (Wildman–Crippen MR) is 110 cm³/mol. The molecule has 8 nitrogen and oxygen atoms in total. The lowest BCUT2D eigenvalue weighted by Crippen LogP contribution is -2.63. The fourth-order valence-electron chi connectivity index (χ4n) is 3.48. The summed E-state index contributed by atoms with van der Waals surface area (Å²) in [6.45, 7) is 2.54. The minimum atomic E-state index is -0.541. The molecule has 4 rings (SSSR count). The van der Waals surface area contributed by atoms with Crippen LogP contribution in [0, 0.1) is 6.92 Å². The number of thioether (sulfide) groups is 1. The number of hydrogen-bond acceptors (Lipinski definition) is 7. The van der Waals surface area contributed by atoms with Gasteiger partial charge >= 0.3 is 6.03 Å². The summed E-state index contributed by atoms with van der Waals surface area (Å²) >= 11 is 1.33. The lowest BCUT2D eigenvalue weighted by atomic mass is 10.1. The van der Waals surface area contributed by atoms with Crippen LogP contribution >= 0.6 is 11.8 Å². The zero-order valence-corrected chi connectivity index (χ0v) is 17.1. The highest BCUT2D eigenvalue weighted by Crippen LogP contribution is 2.31. The lowest BCUT2D eigenvalue weighted by Gasteiger charge is -2.36. The van der Waals surface area contributed by atoms with Gasteiger partial charge in [0.2, 0.25) is 0 Å². The van der Waals surface area contributed by atoms with Crippen molar-refractivity contribution in [2.75, 3.05) is 13.6 Å². The van der Waals surface area contributed by atoms with E-state index in [-0.39, 0.29) is 5.91 Å². The van der Waals surface area contributed by atoms with Gasteiger partial charge in [0.25, 0.3) is 5.91 Å². The number of fused-ring (bicyclic) bond motifs is 1. The Labute approximate surface area is 173 Å². The third-order valence-electron chi connectivity index (χ3n) is 4.99. The van der Waals surface area contributed by atoms with Gasteiger partial charge in [-0.05, 0) is 43.2 Å². The molecule has 2 aliphatic heterocycles. The minimum absolute atomic E-state index is 0.317. The van der Waals surface area contributed by atoms with E-state index in [4.69, 9.17) is 4.99 Å². The molecule has 0 saturated carbocycles. The molecular formula is C20H22N6O2S. The number of amides is 3. The van der Waals surface area contributed by atoms with Crippen molar-refractivity contribution < 1.29 is 9.59 Å². The van der Waals surface area contributed by atoms with E-state index in [2.05, 4.69) is 27.4 Å². The largest absolute Gasteiger partial charge is 0.335 e. The van der Waals surface area contributed by atoms with Crippen molar-refractivity contribution in [3.8, 4) is 0 Å². The van der Waals surface area contributed by atoms with Gasteiger partial charge in [-0.25, -0.2) is 19.8 Å². The molecule has 2 atom stereocenters. The monoisotopic (exact) mass is 410 g/mol. The molecule has 0 bridgehead atoms. The summed E-state index contributed by atoms with van der Waals surface area (Å²) in [6.07, 6.45) is 2.91. The summed E-state index contributed by atoms with van der Waals surface area (Å²) in [5.41, 5.74) is 2.11. The summed E-state index contributed by atoms with van der Waals surface area (Å²) in [7, 11) is 1.65. The topological polar surface area (TPSA) is 90.8 Å². The van der Waals surface area contributed by atoms with E-state index in [0.29, 0.717) is 16.9 Å². The average molecular weight is 411 g/mol. The van der Waals surface area contributed by atoms with Gasteiger partial charge in [0.05, 0.1) is 0 Å². The van der Waals surface area contributed by atoms with Crippen LogP contribution in [0.4, 0.5) is 4.79 Å². The Morgan fingerprint density at radius 2 is 1.97 bits per heavy atom. The van der Waals surface area contributed by atoms with E-state index in [9.17, 15) is 9.59 Å². The summed E-state index contributed by atoms with van der Waals surface area (Å²) in [6, 6.07) is 11.1. The third-order valence-corrected chi connectivity index (χ3v) is 5.89. The number of rotatable bonds is 5. The zero-order valence-electron chi connectivity index (χ0n) is 16.3. The van der Waals surface area contributed by atoms with Gasteiger partial charge in [-0.3, -0.25) is 10.1 Å². The Hall–Kier alpha value is -2.94. The molecule has 29 heavy (non-hydrogen) atoms. The van der Waals surface area contributed by atoms with E-state index >= 15 is 0 Å². The van der Waals surface area contributed by atoms with Crippen LogP contribution in [0.1, 0.15) is 17.7 Å². The van der Waals surface area contributed by atoms with Gasteiger partial charge in [0, 0.05) is 25.5 Å². The minimum Gasteiger partial charge on any atom is -0.335 e. The van der Waals surface area contributed by atoms with Gasteiger partial charge in [-0.1, -0.05) is 30.3 Å². The summed E-state index contributed by atoms with van der Waals surface area (Å²) in [4.78, 5) is 41.5. The number of aryl methyl sites for hydroxylation is 2. The first kappa shape index (κ1) is 19.4. The van der Waals surface area contributed by atoms with E-state index < -0.39 is 18.2 Å². The summed E-state index contributed by atoms with van der Waals surface area (Å²) in [5.74, 6) is -0.317. The van der Waals surface area contributed by atoms with E-state index in [1.54, 1.807) is 13.2 Å². The Kier molecular flexibility index (Phi) is 5.48. The first-order valence-electron chi connectivity index (χ1n) is 9.46. The van der Waals surface area contributed by atoms with Crippen molar-refractivity contribution in [1.29, 1.82) is 0 Å². The maximum absolute atomic E-state index is 12.6. The molecule has 2 aromatic rings. The molecule has 1 fully saturated rings. The Morgan fingerprint density at radius 1 is 1.17 bits per heavy atom. The SMILES string of the molecule is Cc1ccnc(SC2=NC3C(C(=O)NC(=O)N3C)N2CCCc2ccccc2)n1. The number of likely N-dealkylation sites (N-methyl/N-ethyl adjacent to an activating group) is 1. The van der Waals surface area contributed by atoms with Crippen LogP contribution in [0.2, 0.25) is 0 Å². The normalized spacial score (nSPS) is 21.1. The zero-order chi connectivity index (χ0) is 20.4. The Balaban J connectivity index is 1.55. The van der Waals surface area contributed by atoms with Crippen molar-refractivity contribution >= 4 is 28.9 Å². The van der Waals surface area contributed by atoms with Gasteiger partial charge < -0.3 is 9.80 Å². The highest BCUT2D eigenvalue weighted by molar-refractivity contribution is 8.13. The average Bonchev–Trinajstić information content (AvgIpc) is 3.06. The van der Waals surface area contributed by atoms with Gasteiger partial charge in [0.15, 0.2) is 22.5 Å². The molecule has 2 unspecified atom stereocenters. The van der Waals surface area contributed by atoms with Crippen LogP contribution in [0.5, 0.6) is 0 Å². The summed E-state index contributed by atoms with van der Waals surface area (Å²) < 4.78 is 0. The van der Waals surface area contributed by atoms with Crippen molar-refractivity contribution in [3.05, 3.63) is 53.9 Å². The quantitative estimate of drug-likeness (QED) is 0.759. The molecule has 3 heterocycles. The third kappa shape index (κ3) is 4.09. The number of carbonyl (C=O) groups is 2. The molecule has 0 radical (unpaired) electrons. The van der Waals surface area contributed by atoms with Gasteiger partial charge in [0.1, 0.15) is 0 Å². The molecule has 1 saturated heterocycles. The molecule has 0 aliphatic carbocycles. The predicted octanol–water partition coefficient (Wildman–Crippen LogP) is 2.06. The number of urea groups is 1. The highest BCUT2D eigenvalue weighted by Gasteiger charge is 2.48. The van der Waals surface area contributed by atoms with Crippen molar-refractivity contribution in [3.63, 3.8) is 0 Å². The number of nitrogens with one attached hydrogen (secondary N) is 1. The van der Waals surface area contributed by atoms with Gasteiger partial charge in [-0.2, -0.15) is 0 Å². The number of hydrogen-bond donors (Lipinski definition) is 1. The maximum Gasteiger partial charge on any atom is 0.325 e. The number of amidine groups is 1. The maximum atomic E-state index is 12.6. The number of carbonyl (C=O) groups excluding carboxylic acids is 2. The van der Waals surface area contributed by atoms with Crippen LogP contribution in [-0.4, -0.2) is 62.7 Å². The van der Waals surface area contributed by atoms with E-state index in [1.807, 2.05) is 36.1 Å². The smallest absolute Gasteiger partial charge is 0.325 e.